The molecule has 0 saturated carbocycles. The quantitative estimate of drug-likeness (QED) is 0.519. The molecule has 0 atom stereocenters. The van der Waals surface area contributed by atoms with Crippen LogP contribution < -0.4 is 9.92 Å². The largest absolute Gasteiger partial charge is 0.497 e. The first-order chi connectivity index (χ1) is 11.9. The molecule has 0 amide bonds. The topological polar surface area (TPSA) is 9.23 Å². The van der Waals surface area contributed by atoms with Gasteiger partial charge in [0.05, 0.1) is 15.2 Å². The van der Waals surface area contributed by atoms with Crippen molar-refractivity contribution in [2.75, 3.05) is 7.11 Å². The molecule has 0 aromatic heterocycles. The third-order valence-electron chi connectivity index (χ3n) is 5.86. The molecular weight excluding hydrogens is 320 g/mol. The van der Waals surface area contributed by atoms with E-state index in [1.165, 1.54) is 30.0 Å². The van der Waals surface area contributed by atoms with Crippen LogP contribution in [0.1, 0.15) is 45.2 Å². The maximum atomic E-state index is 5.37. The molecule has 2 aromatic carbocycles. The third-order valence-corrected chi connectivity index (χ3v) is 12.6. The van der Waals surface area contributed by atoms with E-state index in [2.05, 4.69) is 83.1 Å². The van der Waals surface area contributed by atoms with Crippen LogP contribution in [0.5, 0.6) is 5.75 Å². The standard InChI is InChI=1S/C23H34OSi/c1-18(2)25(19(3)4,23-15-13-22(24-6)14-16-23)17-7-8-21-11-9-20(5)10-12-21/h9-16,18-19H,7-8,17H2,1-6H3. The van der Waals surface area contributed by atoms with Crippen LogP contribution in [-0.4, -0.2) is 15.2 Å². The van der Waals surface area contributed by atoms with E-state index >= 15 is 0 Å². The second-order valence-electron chi connectivity index (χ2n) is 7.92. The van der Waals surface area contributed by atoms with Crippen molar-refractivity contribution in [3.63, 3.8) is 0 Å². The lowest BCUT2D eigenvalue weighted by Crippen LogP contribution is -2.53. The van der Waals surface area contributed by atoms with Gasteiger partial charge in [0, 0.05) is 0 Å². The molecule has 0 unspecified atom stereocenters. The molecule has 1 nitrogen and oxygen atoms in total. The smallest absolute Gasteiger partial charge is 0.118 e. The molecule has 0 N–H and O–H groups in total. The highest BCUT2D eigenvalue weighted by molar-refractivity contribution is 6.94. The summed E-state index contributed by atoms with van der Waals surface area (Å²) < 4.78 is 5.37. The van der Waals surface area contributed by atoms with E-state index in [9.17, 15) is 0 Å². The van der Waals surface area contributed by atoms with Gasteiger partial charge in [0.2, 0.25) is 0 Å². The first-order valence-electron chi connectivity index (χ1n) is 9.60. The van der Waals surface area contributed by atoms with Crippen LogP contribution in [0.25, 0.3) is 0 Å². The van der Waals surface area contributed by atoms with Crippen molar-refractivity contribution >= 4 is 13.3 Å². The summed E-state index contributed by atoms with van der Waals surface area (Å²) >= 11 is 0. The first kappa shape index (κ1) is 19.8. The third kappa shape index (κ3) is 4.55. The molecule has 0 saturated heterocycles. The number of hydrogen-bond donors (Lipinski definition) is 0. The minimum Gasteiger partial charge on any atom is -0.497 e. The van der Waals surface area contributed by atoms with Crippen molar-refractivity contribution in [1.29, 1.82) is 0 Å². The predicted molar refractivity (Wildman–Crippen MR) is 113 cm³/mol. The van der Waals surface area contributed by atoms with Crippen molar-refractivity contribution in [3.05, 3.63) is 59.7 Å². The molecule has 0 radical (unpaired) electrons. The van der Waals surface area contributed by atoms with Gasteiger partial charge in [-0.05, 0) is 42.1 Å². The highest BCUT2D eigenvalue weighted by Gasteiger charge is 2.40. The highest BCUT2D eigenvalue weighted by atomic mass is 28.3. The minimum atomic E-state index is -1.58. The van der Waals surface area contributed by atoms with Crippen LogP contribution in [0.3, 0.4) is 0 Å². The Balaban J connectivity index is 2.20. The Labute approximate surface area is 155 Å². The zero-order chi connectivity index (χ0) is 18.4. The van der Waals surface area contributed by atoms with E-state index in [1.807, 2.05) is 0 Å². The first-order valence-corrected chi connectivity index (χ1v) is 12.0. The van der Waals surface area contributed by atoms with E-state index in [1.54, 1.807) is 12.3 Å². The zero-order valence-electron chi connectivity index (χ0n) is 16.8. The van der Waals surface area contributed by atoms with Crippen LogP contribution in [0.4, 0.5) is 0 Å². The second kappa shape index (κ2) is 8.71. The maximum Gasteiger partial charge on any atom is 0.118 e. The Kier molecular flexibility index (Phi) is 6.89. The van der Waals surface area contributed by atoms with E-state index in [0.717, 1.165) is 16.8 Å². The van der Waals surface area contributed by atoms with Gasteiger partial charge in [0.15, 0.2) is 0 Å². The molecular formula is C23H34OSi. The molecule has 0 spiro atoms. The van der Waals surface area contributed by atoms with Crippen molar-refractivity contribution in [1.82, 2.24) is 0 Å². The fraction of sp³-hybridized carbons (Fsp3) is 0.478. The van der Waals surface area contributed by atoms with Crippen LogP contribution in [0, 0.1) is 6.92 Å². The molecule has 136 valence electrons. The number of benzene rings is 2. The Morgan fingerprint density at radius 2 is 1.40 bits per heavy atom. The molecule has 0 heterocycles. The van der Waals surface area contributed by atoms with Gasteiger partial charge in [-0.3, -0.25) is 0 Å². The number of hydrogen-bond acceptors (Lipinski definition) is 1. The van der Waals surface area contributed by atoms with Gasteiger partial charge in [-0.1, -0.05) is 87.3 Å². The molecule has 0 fully saturated rings. The van der Waals surface area contributed by atoms with Gasteiger partial charge in [-0.25, -0.2) is 0 Å². The van der Waals surface area contributed by atoms with E-state index in [0.29, 0.717) is 0 Å². The second-order valence-corrected chi connectivity index (χ2v) is 13.4. The van der Waals surface area contributed by atoms with Gasteiger partial charge in [-0.15, -0.1) is 0 Å². The zero-order valence-corrected chi connectivity index (χ0v) is 17.8. The SMILES string of the molecule is COc1ccc([Si](CCCc2ccc(C)cc2)(C(C)C)C(C)C)cc1. The fourth-order valence-corrected chi connectivity index (χ4v) is 9.96. The average Bonchev–Trinajstić information content (AvgIpc) is 2.60. The molecule has 0 bridgehead atoms. The monoisotopic (exact) mass is 354 g/mol. The van der Waals surface area contributed by atoms with E-state index in [4.69, 9.17) is 4.74 Å². The molecule has 2 aromatic rings. The van der Waals surface area contributed by atoms with Crippen LogP contribution in [0.2, 0.25) is 17.1 Å². The van der Waals surface area contributed by atoms with E-state index in [-0.39, 0.29) is 0 Å². The normalized spacial score (nSPS) is 12.0. The summed E-state index contributed by atoms with van der Waals surface area (Å²) in [5.74, 6) is 0.957. The van der Waals surface area contributed by atoms with Crippen molar-refractivity contribution in [3.8, 4) is 5.75 Å². The minimum absolute atomic E-state index is 0.735. The van der Waals surface area contributed by atoms with Gasteiger partial charge in [0.1, 0.15) is 5.75 Å². The van der Waals surface area contributed by atoms with Crippen molar-refractivity contribution in [2.45, 2.75) is 64.6 Å². The lowest BCUT2D eigenvalue weighted by molar-refractivity contribution is 0.415. The van der Waals surface area contributed by atoms with Crippen LogP contribution in [0.15, 0.2) is 48.5 Å². The predicted octanol–water partition coefficient (Wildman–Crippen LogP) is 6.11. The average molecular weight is 355 g/mol. The summed E-state index contributed by atoms with van der Waals surface area (Å²) in [5, 5.41) is 1.59. The highest BCUT2D eigenvalue weighted by Crippen LogP contribution is 2.37. The van der Waals surface area contributed by atoms with Crippen molar-refractivity contribution in [2.24, 2.45) is 0 Å². The molecule has 2 rings (SSSR count). The number of methoxy groups -OCH3 is 1. The van der Waals surface area contributed by atoms with Gasteiger partial charge < -0.3 is 4.74 Å². The fourth-order valence-electron chi connectivity index (χ4n) is 4.30. The Morgan fingerprint density at radius 1 is 0.840 bits per heavy atom. The van der Waals surface area contributed by atoms with Crippen LogP contribution in [-0.2, 0) is 6.42 Å². The summed E-state index contributed by atoms with van der Waals surface area (Å²) in [6.45, 7) is 11.9. The van der Waals surface area contributed by atoms with Crippen LogP contribution >= 0.6 is 0 Å². The van der Waals surface area contributed by atoms with Crippen molar-refractivity contribution < 1.29 is 4.74 Å². The van der Waals surface area contributed by atoms with Gasteiger partial charge in [-0.2, -0.15) is 0 Å². The lowest BCUT2D eigenvalue weighted by atomic mass is 10.1. The summed E-state index contributed by atoms with van der Waals surface area (Å²) in [7, 11) is 0.160. The molecule has 25 heavy (non-hydrogen) atoms. The Bertz CT molecular complexity index is 633. The summed E-state index contributed by atoms with van der Waals surface area (Å²) in [6, 6.07) is 19.3. The number of ether oxygens (including phenoxy) is 1. The molecule has 0 aliphatic rings. The maximum absolute atomic E-state index is 5.37. The lowest BCUT2D eigenvalue weighted by Gasteiger charge is -2.40. The Morgan fingerprint density at radius 3 is 1.88 bits per heavy atom. The molecule has 0 aliphatic carbocycles. The number of rotatable bonds is 8. The Hall–Kier alpha value is -1.54. The summed E-state index contributed by atoms with van der Waals surface area (Å²) in [6.07, 6.45) is 2.46. The molecule has 2 heteroatoms. The van der Waals surface area contributed by atoms with E-state index < -0.39 is 8.07 Å². The molecule has 0 aliphatic heterocycles. The summed E-state index contributed by atoms with van der Waals surface area (Å²) in [5.41, 5.74) is 4.28. The van der Waals surface area contributed by atoms with Gasteiger partial charge in [0.25, 0.3) is 0 Å². The van der Waals surface area contributed by atoms with Gasteiger partial charge >= 0.3 is 0 Å². The number of aryl methyl sites for hydroxylation is 2. The summed E-state index contributed by atoms with van der Waals surface area (Å²) in [4.78, 5) is 0.